The minimum Gasteiger partial charge on any atom is -0.263 e. The standard InChI is InChI=1S/C37H30N2Si/c1-3-40(2)36(32-24-38-22-28-18-10-12-20-30(28)32)34(26-14-6-4-7-15-26)35(27-16-8-5-9-17-27)37(40)33-25-39-23-29-19-11-13-21-31(29)33/h4-25H,3H2,1-2H3. The molecule has 0 saturated carbocycles. The van der Waals surface area contributed by atoms with Gasteiger partial charge in [0.2, 0.25) is 0 Å². The van der Waals surface area contributed by atoms with Crippen LogP contribution in [0, 0.1) is 0 Å². The lowest BCUT2D eigenvalue weighted by molar-refractivity contribution is 1.34. The molecule has 0 saturated heterocycles. The molecule has 0 bridgehead atoms. The van der Waals surface area contributed by atoms with E-state index >= 15 is 0 Å². The van der Waals surface area contributed by atoms with Crippen LogP contribution in [0.1, 0.15) is 29.2 Å². The molecule has 0 fully saturated rings. The molecule has 0 spiro atoms. The van der Waals surface area contributed by atoms with Gasteiger partial charge in [0.25, 0.3) is 0 Å². The second-order valence-corrected chi connectivity index (χ2v) is 15.1. The van der Waals surface area contributed by atoms with E-state index < -0.39 is 8.07 Å². The SMILES string of the molecule is CC[Si]1(C)C(c2cncc3ccccc23)=C(c2ccccc2)C(c2ccccc2)=C1c1cncc2ccccc12. The van der Waals surface area contributed by atoms with Crippen molar-refractivity contribution in [3.05, 3.63) is 156 Å². The van der Waals surface area contributed by atoms with Crippen LogP contribution in [-0.2, 0) is 0 Å². The van der Waals surface area contributed by atoms with Crippen molar-refractivity contribution in [3.8, 4) is 0 Å². The van der Waals surface area contributed by atoms with E-state index in [1.54, 1.807) is 0 Å². The summed E-state index contributed by atoms with van der Waals surface area (Å²) in [6.45, 7) is 4.93. The molecule has 2 aromatic heterocycles. The maximum Gasteiger partial charge on any atom is 0.118 e. The van der Waals surface area contributed by atoms with Crippen LogP contribution in [0.2, 0.25) is 12.6 Å². The van der Waals surface area contributed by atoms with E-state index in [4.69, 9.17) is 9.97 Å². The van der Waals surface area contributed by atoms with E-state index in [-0.39, 0.29) is 0 Å². The van der Waals surface area contributed by atoms with E-state index in [1.807, 2.05) is 12.4 Å². The zero-order valence-electron chi connectivity index (χ0n) is 22.8. The Labute approximate surface area is 236 Å². The fourth-order valence-corrected chi connectivity index (χ4v) is 10.7. The minimum absolute atomic E-state index is 1.07. The molecule has 0 unspecified atom stereocenters. The molecule has 6 aromatic rings. The van der Waals surface area contributed by atoms with Crippen LogP contribution in [-0.4, -0.2) is 18.0 Å². The average Bonchev–Trinajstić information content (AvgIpc) is 3.30. The Kier molecular flexibility index (Phi) is 6.02. The largest absolute Gasteiger partial charge is 0.263 e. The summed E-state index contributed by atoms with van der Waals surface area (Å²) in [5, 5.41) is 7.80. The van der Waals surface area contributed by atoms with E-state index in [0.29, 0.717) is 0 Å². The summed E-state index contributed by atoms with van der Waals surface area (Å²) in [5.74, 6) is 0. The molecule has 192 valence electrons. The number of benzene rings is 4. The molecule has 40 heavy (non-hydrogen) atoms. The lowest BCUT2D eigenvalue weighted by Crippen LogP contribution is -2.32. The molecule has 3 heteroatoms. The molecule has 0 aliphatic carbocycles. The third kappa shape index (κ3) is 3.77. The minimum atomic E-state index is -2.35. The van der Waals surface area contributed by atoms with Crippen molar-refractivity contribution in [2.75, 3.05) is 0 Å². The summed E-state index contributed by atoms with van der Waals surface area (Å²) in [6.07, 6.45) is 8.19. The Balaban J connectivity index is 1.68. The van der Waals surface area contributed by atoms with Crippen LogP contribution in [0.3, 0.4) is 0 Å². The summed E-state index contributed by atoms with van der Waals surface area (Å²) >= 11 is 0. The number of aromatic nitrogens is 2. The summed E-state index contributed by atoms with van der Waals surface area (Å²) in [6, 6.07) is 40.4. The van der Waals surface area contributed by atoms with Gasteiger partial charge in [-0.3, -0.25) is 9.97 Å². The number of hydrogen-bond acceptors (Lipinski definition) is 2. The van der Waals surface area contributed by atoms with Crippen LogP contribution in [0.25, 0.3) is 43.1 Å². The molecular weight excluding hydrogens is 501 g/mol. The predicted molar refractivity (Wildman–Crippen MR) is 172 cm³/mol. The molecule has 1 aliphatic heterocycles. The Morgan fingerprint density at radius 2 is 0.900 bits per heavy atom. The molecule has 0 amide bonds. The Morgan fingerprint density at radius 3 is 1.32 bits per heavy atom. The highest BCUT2D eigenvalue weighted by atomic mass is 28.3. The molecule has 0 N–H and O–H groups in total. The number of rotatable bonds is 5. The Morgan fingerprint density at radius 1 is 0.500 bits per heavy atom. The summed E-state index contributed by atoms with van der Waals surface area (Å²) in [5.41, 5.74) is 7.68. The first-order valence-electron chi connectivity index (χ1n) is 14.0. The van der Waals surface area contributed by atoms with Gasteiger partial charge in [0, 0.05) is 46.7 Å². The van der Waals surface area contributed by atoms with E-state index in [9.17, 15) is 0 Å². The number of nitrogens with zero attached hydrogens (tertiary/aromatic N) is 2. The Hall–Kier alpha value is -4.60. The van der Waals surface area contributed by atoms with Crippen LogP contribution in [0.15, 0.2) is 134 Å². The van der Waals surface area contributed by atoms with Gasteiger partial charge in [-0.1, -0.05) is 129 Å². The molecule has 4 aromatic carbocycles. The van der Waals surface area contributed by atoms with Gasteiger partial charge in [-0.25, -0.2) is 0 Å². The third-order valence-corrected chi connectivity index (χ3v) is 13.2. The number of allylic oxidation sites excluding steroid dienone is 2. The van der Waals surface area contributed by atoms with Gasteiger partial charge < -0.3 is 0 Å². The average molecular weight is 531 g/mol. The van der Waals surface area contributed by atoms with Crippen molar-refractivity contribution >= 4 is 51.2 Å². The maximum absolute atomic E-state index is 4.79. The fraction of sp³-hybridized carbons (Fsp3) is 0.0811. The van der Waals surface area contributed by atoms with Crippen LogP contribution < -0.4 is 0 Å². The highest BCUT2D eigenvalue weighted by Crippen LogP contribution is 2.58. The van der Waals surface area contributed by atoms with Gasteiger partial charge in [-0.15, -0.1) is 0 Å². The highest BCUT2D eigenvalue weighted by Gasteiger charge is 2.46. The number of hydrogen-bond donors (Lipinski definition) is 0. The van der Waals surface area contributed by atoms with Gasteiger partial charge in [-0.05, 0) is 43.4 Å². The van der Waals surface area contributed by atoms with Crippen molar-refractivity contribution in [1.82, 2.24) is 9.97 Å². The van der Waals surface area contributed by atoms with Crippen molar-refractivity contribution in [3.63, 3.8) is 0 Å². The van der Waals surface area contributed by atoms with Crippen LogP contribution in [0.4, 0.5) is 0 Å². The lowest BCUT2D eigenvalue weighted by atomic mass is 9.88. The smallest absolute Gasteiger partial charge is 0.118 e. The molecule has 7 rings (SSSR count). The first-order valence-corrected chi connectivity index (χ1v) is 16.7. The van der Waals surface area contributed by atoms with Crippen LogP contribution >= 0.6 is 0 Å². The van der Waals surface area contributed by atoms with Crippen molar-refractivity contribution < 1.29 is 0 Å². The maximum atomic E-state index is 4.79. The topological polar surface area (TPSA) is 25.8 Å². The summed E-state index contributed by atoms with van der Waals surface area (Å²) in [4.78, 5) is 9.58. The van der Waals surface area contributed by atoms with E-state index in [2.05, 4.69) is 135 Å². The van der Waals surface area contributed by atoms with Gasteiger partial charge in [-0.2, -0.15) is 0 Å². The van der Waals surface area contributed by atoms with Gasteiger partial charge >= 0.3 is 0 Å². The normalized spacial score (nSPS) is 14.8. The van der Waals surface area contributed by atoms with Gasteiger partial charge in [0.05, 0.1) is 0 Å². The molecule has 2 nitrogen and oxygen atoms in total. The third-order valence-electron chi connectivity index (χ3n) is 8.56. The van der Waals surface area contributed by atoms with Gasteiger partial charge in [0.15, 0.2) is 0 Å². The number of pyridine rings is 2. The van der Waals surface area contributed by atoms with Crippen LogP contribution in [0.5, 0.6) is 0 Å². The molecule has 3 heterocycles. The fourth-order valence-electron chi connectivity index (χ4n) is 6.56. The summed E-state index contributed by atoms with van der Waals surface area (Å²) in [7, 11) is -2.35. The van der Waals surface area contributed by atoms with E-state index in [1.165, 1.54) is 65.3 Å². The van der Waals surface area contributed by atoms with E-state index in [0.717, 1.165) is 6.04 Å². The summed E-state index contributed by atoms with van der Waals surface area (Å²) < 4.78 is 0. The monoisotopic (exact) mass is 530 g/mol. The molecule has 0 atom stereocenters. The van der Waals surface area contributed by atoms with Crippen molar-refractivity contribution in [2.45, 2.75) is 19.5 Å². The zero-order chi connectivity index (χ0) is 27.1. The van der Waals surface area contributed by atoms with Crippen molar-refractivity contribution in [1.29, 1.82) is 0 Å². The quantitative estimate of drug-likeness (QED) is 0.207. The molecule has 1 aliphatic rings. The lowest BCUT2D eigenvalue weighted by Gasteiger charge is -2.30. The predicted octanol–water partition coefficient (Wildman–Crippen LogP) is 9.50. The molecular formula is C37H30N2Si. The first-order chi connectivity index (χ1) is 19.7. The second kappa shape index (κ2) is 9.85. The van der Waals surface area contributed by atoms with Crippen molar-refractivity contribution in [2.24, 2.45) is 0 Å². The second-order valence-electron chi connectivity index (χ2n) is 10.7. The number of fused-ring (bicyclic) bond motifs is 2. The highest BCUT2D eigenvalue weighted by molar-refractivity contribution is 7.14. The first kappa shape index (κ1) is 24.4. The Bertz CT molecular complexity index is 1790. The zero-order valence-corrected chi connectivity index (χ0v) is 23.8. The molecule has 0 radical (unpaired) electrons. The van der Waals surface area contributed by atoms with Gasteiger partial charge in [0.1, 0.15) is 8.07 Å².